The molecule has 1 rings (SSSR count). The zero-order chi connectivity index (χ0) is 12.8. The van der Waals surface area contributed by atoms with Crippen LogP contribution in [0.4, 0.5) is 8.78 Å². The Morgan fingerprint density at radius 2 is 2.00 bits per heavy atom. The lowest BCUT2D eigenvalue weighted by molar-refractivity contribution is -0.00270. The van der Waals surface area contributed by atoms with Crippen molar-refractivity contribution >= 4 is 5.91 Å². The first-order chi connectivity index (χ1) is 8.04. The monoisotopic (exact) mass is 245 g/mol. The van der Waals surface area contributed by atoms with Crippen LogP contribution in [0.3, 0.4) is 0 Å². The molecule has 0 aliphatic heterocycles. The summed E-state index contributed by atoms with van der Waals surface area (Å²) in [5, 5.41) is 11.0. The van der Waals surface area contributed by atoms with Crippen molar-refractivity contribution in [2.75, 3.05) is 13.7 Å². The van der Waals surface area contributed by atoms with E-state index in [-0.39, 0.29) is 0 Å². The van der Waals surface area contributed by atoms with Gasteiger partial charge in [0.25, 0.3) is 12.3 Å². The summed E-state index contributed by atoms with van der Waals surface area (Å²) < 4.78 is 28.8. The maximum atomic E-state index is 12.0. The van der Waals surface area contributed by atoms with Crippen molar-refractivity contribution in [3.05, 3.63) is 29.8 Å². The third kappa shape index (κ3) is 3.99. The van der Waals surface area contributed by atoms with Crippen LogP contribution < -0.4 is 10.1 Å². The highest BCUT2D eigenvalue weighted by Gasteiger charge is 2.17. The zero-order valence-corrected chi connectivity index (χ0v) is 9.19. The Morgan fingerprint density at radius 3 is 2.47 bits per heavy atom. The number of halogens is 2. The number of rotatable bonds is 5. The Morgan fingerprint density at radius 1 is 1.41 bits per heavy atom. The predicted molar refractivity (Wildman–Crippen MR) is 57.3 cm³/mol. The van der Waals surface area contributed by atoms with E-state index in [0.717, 1.165) is 0 Å². The summed E-state index contributed by atoms with van der Waals surface area (Å²) in [7, 11) is 1.49. The summed E-state index contributed by atoms with van der Waals surface area (Å²) >= 11 is 0. The molecule has 0 heterocycles. The minimum Gasteiger partial charge on any atom is -0.497 e. The highest BCUT2D eigenvalue weighted by Crippen LogP contribution is 2.11. The van der Waals surface area contributed by atoms with E-state index in [1.807, 2.05) is 0 Å². The molecule has 0 spiro atoms. The fourth-order valence-electron chi connectivity index (χ4n) is 1.13. The molecule has 1 atom stereocenters. The summed E-state index contributed by atoms with van der Waals surface area (Å²) in [5.41, 5.74) is 0.312. The van der Waals surface area contributed by atoms with E-state index in [9.17, 15) is 13.6 Å². The lowest BCUT2D eigenvalue weighted by atomic mass is 10.2. The molecule has 1 unspecified atom stereocenters. The summed E-state index contributed by atoms with van der Waals surface area (Å²) in [4.78, 5) is 11.5. The Kier molecular flexibility index (Phi) is 4.84. The normalized spacial score (nSPS) is 12.3. The molecule has 6 heteroatoms. The van der Waals surface area contributed by atoms with Crippen molar-refractivity contribution < 1.29 is 23.4 Å². The average molecular weight is 245 g/mol. The van der Waals surface area contributed by atoms with Gasteiger partial charge in [-0.05, 0) is 24.3 Å². The fraction of sp³-hybridized carbons (Fsp3) is 0.364. The maximum absolute atomic E-state index is 12.0. The number of alkyl halides is 2. The molecule has 0 aliphatic carbocycles. The number of hydrogen-bond acceptors (Lipinski definition) is 3. The summed E-state index contributed by atoms with van der Waals surface area (Å²) in [5.74, 6) is 0.0709. The third-order valence-corrected chi connectivity index (χ3v) is 2.11. The Hall–Kier alpha value is -1.69. The van der Waals surface area contributed by atoms with Gasteiger partial charge in [0.2, 0.25) is 0 Å². The molecule has 1 aromatic carbocycles. The van der Waals surface area contributed by atoms with E-state index in [1.165, 1.54) is 19.2 Å². The molecule has 1 aromatic rings. The smallest absolute Gasteiger partial charge is 0.265 e. The molecule has 0 saturated carbocycles. The van der Waals surface area contributed by atoms with Crippen LogP contribution in [-0.4, -0.2) is 37.2 Å². The van der Waals surface area contributed by atoms with Crippen LogP contribution >= 0.6 is 0 Å². The second-order valence-electron chi connectivity index (χ2n) is 3.34. The molecule has 17 heavy (non-hydrogen) atoms. The predicted octanol–water partition coefficient (Wildman–Crippen LogP) is 1.05. The first kappa shape index (κ1) is 13.4. The van der Waals surface area contributed by atoms with E-state index in [0.29, 0.717) is 11.3 Å². The maximum Gasteiger partial charge on any atom is 0.265 e. The van der Waals surface area contributed by atoms with Gasteiger partial charge >= 0.3 is 0 Å². The number of methoxy groups -OCH3 is 1. The Bertz CT molecular complexity index is 367. The number of hydrogen-bond donors (Lipinski definition) is 2. The number of carbonyl (C=O) groups is 1. The zero-order valence-electron chi connectivity index (χ0n) is 9.19. The lowest BCUT2D eigenvalue weighted by Crippen LogP contribution is -2.35. The second-order valence-corrected chi connectivity index (χ2v) is 3.34. The standard InChI is InChI=1S/C11H13F2NO3/c1-17-8-4-2-7(3-5-8)11(16)14-6-9(15)10(12)13/h2-5,9-10,15H,6H2,1H3,(H,14,16). The fourth-order valence-corrected chi connectivity index (χ4v) is 1.13. The molecule has 0 radical (unpaired) electrons. The van der Waals surface area contributed by atoms with E-state index < -0.39 is 25.0 Å². The van der Waals surface area contributed by atoms with Crippen molar-refractivity contribution in [1.29, 1.82) is 0 Å². The molecule has 2 N–H and O–H groups in total. The van der Waals surface area contributed by atoms with Gasteiger partial charge in [0.1, 0.15) is 11.9 Å². The van der Waals surface area contributed by atoms with E-state index >= 15 is 0 Å². The number of aliphatic hydroxyl groups is 1. The Balaban J connectivity index is 2.52. The highest BCUT2D eigenvalue weighted by atomic mass is 19.3. The Labute approximate surface area is 97.2 Å². The van der Waals surface area contributed by atoms with Gasteiger partial charge < -0.3 is 15.2 Å². The molecule has 0 fully saturated rings. The van der Waals surface area contributed by atoms with Crippen molar-refractivity contribution in [3.8, 4) is 5.75 Å². The molecule has 1 amide bonds. The van der Waals surface area contributed by atoms with Crippen LogP contribution in [0.2, 0.25) is 0 Å². The van der Waals surface area contributed by atoms with Gasteiger partial charge in [0.15, 0.2) is 0 Å². The van der Waals surface area contributed by atoms with Crippen LogP contribution in [0.1, 0.15) is 10.4 Å². The van der Waals surface area contributed by atoms with Gasteiger partial charge in [-0.15, -0.1) is 0 Å². The minimum absolute atomic E-state index is 0.312. The van der Waals surface area contributed by atoms with Crippen molar-refractivity contribution in [3.63, 3.8) is 0 Å². The molecule has 94 valence electrons. The molecule has 0 saturated heterocycles. The van der Waals surface area contributed by atoms with Crippen molar-refractivity contribution in [2.24, 2.45) is 0 Å². The van der Waals surface area contributed by atoms with Crippen LogP contribution in [0.15, 0.2) is 24.3 Å². The second kappa shape index (κ2) is 6.15. The summed E-state index contributed by atoms with van der Waals surface area (Å²) in [6, 6.07) is 6.17. The molecule has 4 nitrogen and oxygen atoms in total. The van der Waals surface area contributed by atoms with Gasteiger partial charge in [-0.1, -0.05) is 0 Å². The summed E-state index contributed by atoms with van der Waals surface area (Å²) in [6.07, 6.45) is -4.72. The topological polar surface area (TPSA) is 58.6 Å². The van der Waals surface area contributed by atoms with Gasteiger partial charge in [-0.3, -0.25) is 4.79 Å². The quantitative estimate of drug-likeness (QED) is 0.815. The van der Waals surface area contributed by atoms with Gasteiger partial charge in [0, 0.05) is 12.1 Å². The number of aliphatic hydroxyl groups excluding tert-OH is 1. The number of benzene rings is 1. The molecule has 0 bridgehead atoms. The first-order valence-corrected chi connectivity index (χ1v) is 4.93. The van der Waals surface area contributed by atoms with E-state index in [1.54, 1.807) is 12.1 Å². The van der Waals surface area contributed by atoms with E-state index in [2.05, 4.69) is 5.32 Å². The lowest BCUT2D eigenvalue weighted by Gasteiger charge is -2.10. The SMILES string of the molecule is COc1ccc(C(=O)NCC(O)C(F)F)cc1. The van der Waals surface area contributed by atoms with Crippen molar-refractivity contribution in [2.45, 2.75) is 12.5 Å². The van der Waals surface area contributed by atoms with Crippen LogP contribution in [0.5, 0.6) is 5.75 Å². The van der Waals surface area contributed by atoms with Gasteiger partial charge in [0.05, 0.1) is 7.11 Å². The van der Waals surface area contributed by atoms with Crippen LogP contribution in [-0.2, 0) is 0 Å². The van der Waals surface area contributed by atoms with Gasteiger partial charge in [-0.2, -0.15) is 0 Å². The molecule has 0 aliphatic rings. The summed E-state index contributed by atoms with van der Waals surface area (Å²) in [6.45, 7) is -0.484. The highest BCUT2D eigenvalue weighted by molar-refractivity contribution is 5.94. The molecule has 0 aromatic heterocycles. The largest absolute Gasteiger partial charge is 0.497 e. The third-order valence-electron chi connectivity index (χ3n) is 2.11. The number of ether oxygens (including phenoxy) is 1. The van der Waals surface area contributed by atoms with Crippen molar-refractivity contribution in [1.82, 2.24) is 5.32 Å². The molecular formula is C11H13F2NO3. The average Bonchev–Trinajstić information content (AvgIpc) is 2.35. The number of nitrogens with one attached hydrogen (secondary N) is 1. The first-order valence-electron chi connectivity index (χ1n) is 4.93. The minimum atomic E-state index is -2.87. The molecular weight excluding hydrogens is 232 g/mol. The van der Waals surface area contributed by atoms with Crippen LogP contribution in [0, 0.1) is 0 Å². The van der Waals surface area contributed by atoms with E-state index in [4.69, 9.17) is 9.84 Å². The van der Waals surface area contributed by atoms with Crippen LogP contribution in [0.25, 0.3) is 0 Å². The number of carbonyl (C=O) groups excluding carboxylic acids is 1. The van der Waals surface area contributed by atoms with Gasteiger partial charge in [-0.25, -0.2) is 8.78 Å². The number of amides is 1.